The van der Waals surface area contributed by atoms with Crippen LogP contribution in [0.25, 0.3) is 0 Å². The summed E-state index contributed by atoms with van der Waals surface area (Å²) in [6.45, 7) is 0.954. The molecule has 1 unspecified atom stereocenters. The molecule has 0 saturated carbocycles. The molecule has 3 heterocycles. The first-order chi connectivity index (χ1) is 13.7. The Balaban J connectivity index is 1.55. The fraction of sp³-hybridized carbons (Fsp3) is 0.143. The lowest BCUT2D eigenvalue weighted by Crippen LogP contribution is -2.39. The molecule has 3 aromatic rings. The van der Waals surface area contributed by atoms with E-state index in [9.17, 15) is 4.79 Å². The van der Waals surface area contributed by atoms with Crippen LogP contribution in [-0.4, -0.2) is 29.1 Å². The Morgan fingerprint density at radius 2 is 1.93 bits per heavy atom. The van der Waals surface area contributed by atoms with Crippen molar-refractivity contribution in [2.24, 2.45) is 0 Å². The summed E-state index contributed by atoms with van der Waals surface area (Å²) in [7, 11) is 0. The third-order valence-electron chi connectivity index (χ3n) is 4.99. The topological polar surface area (TPSA) is 79.0 Å². The van der Waals surface area contributed by atoms with Crippen LogP contribution >= 0.6 is 11.6 Å². The number of aromatic amines is 1. The van der Waals surface area contributed by atoms with Gasteiger partial charge >= 0.3 is 0 Å². The van der Waals surface area contributed by atoms with E-state index in [1.165, 1.54) is 0 Å². The van der Waals surface area contributed by atoms with Crippen LogP contribution in [0.3, 0.4) is 0 Å². The number of fused-ring (bicyclic) bond motifs is 1. The Kier molecular flexibility index (Phi) is 4.15. The van der Waals surface area contributed by atoms with Crippen molar-refractivity contribution in [3.8, 4) is 11.5 Å². The fourth-order valence-electron chi connectivity index (χ4n) is 3.77. The van der Waals surface area contributed by atoms with E-state index in [1.807, 2.05) is 42.6 Å². The van der Waals surface area contributed by atoms with E-state index in [4.69, 9.17) is 16.3 Å². The molecule has 0 spiro atoms. The number of ether oxygens (including phenoxy) is 1. The maximum atomic E-state index is 12.7. The molecule has 0 amide bonds. The summed E-state index contributed by atoms with van der Waals surface area (Å²) in [6, 6.07) is 15.0. The van der Waals surface area contributed by atoms with E-state index in [-0.39, 0.29) is 11.7 Å². The van der Waals surface area contributed by atoms with Gasteiger partial charge in [0.15, 0.2) is 11.6 Å². The molecule has 2 aliphatic rings. The van der Waals surface area contributed by atoms with Gasteiger partial charge in [0.05, 0.1) is 6.54 Å². The number of aromatic nitrogens is 2. The molecule has 0 saturated heterocycles. The fourth-order valence-corrected chi connectivity index (χ4v) is 3.89. The van der Waals surface area contributed by atoms with Gasteiger partial charge in [-0.15, -0.1) is 0 Å². The lowest BCUT2D eigenvalue weighted by atomic mass is 9.79. The molecule has 6 nitrogen and oxygen atoms in total. The number of nitrogens with zero attached hydrogens (tertiary/aromatic N) is 1. The monoisotopic (exact) mass is 392 g/mol. The summed E-state index contributed by atoms with van der Waals surface area (Å²) in [5.41, 5.74) is 3.61. The van der Waals surface area contributed by atoms with Gasteiger partial charge in [0.2, 0.25) is 0 Å². The molecule has 7 heteroatoms. The number of benzene rings is 2. The largest absolute Gasteiger partial charge is 0.457 e. The number of Topliss-reactive ketones (excluding diaryl/α,β-unsaturated/α-hetero) is 1. The lowest BCUT2D eigenvalue weighted by Gasteiger charge is -2.31. The van der Waals surface area contributed by atoms with Gasteiger partial charge in [-0.2, -0.15) is 5.10 Å². The number of rotatable bonds is 3. The molecular weight excluding hydrogens is 376 g/mol. The van der Waals surface area contributed by atoms with Gasteiger partial charge in [0.1, 0.15) is 11.5 Å². The second kappa shape index (κ2) is 6.82. The molecule has 140 valence electrons. The minimum atomic E-state index is -0.187. The Labute approximate surface area is 166 Å². The van der Waals surface area contributed by atoms with Crippen molar-refractivity contribution in [1.29, 1.82) is 0 Å². The van der Waals surface area contributed by atoms with Crippen LogP contribution in [0.15, 0.2) is 66.0 Å². The number of ketones is 1. The van der Waals surface area contributed by atoms with Crippen molar-refractivity contribution in [2.75, 3.05) is 18.4 Å². The molecule has 3 N–H and O–H groups in total. The average Bonchev–Trinajstić information content (AvgIpc) is 3.17. The third kappa shape index (κ3) is 2.96. The number of H-pyrrole nitrogens is 1. The van der Waals surface area contributed by atoms with Gasteiger partial charge in [-0.25, -0.2) is 0 Å². The first-order valence-corrected chi connectivity index (χ1v) is 9.38. The Hall–Kier alpha value is -3.09. The summed E-state index contributed by atoms with van der Waals surface area (Å²) < 4.78 is 5.99. The summed E-state index contributed by atoms with van der Waals surface area (Å²) in [5, 5.41) is 14.3. The Bertz CT molecular complexity index is 1090. The van der Waals surface area contributed by atoms with Crippen LogP contribution < -0.4 is 15.4 Å². The number of carbonyl (C=O) groups is 1. The molecule has 0 aliphatic carbocycles. The second-order valence-corrected chi connectivity index (χ2v) is 7.23. The predicted molar refractivity (Wildman–Crippen MR) is 107 cm³/mol. The third-order valence-corrected chi connectivity index (χ3v) is 5.24. The number of anilines is 1. The van der Waals surface area contributed by atoms with E-state index in [1.54, 1.807) is 12.1 Å². The molecule has 28 heavy (non-hydrogen) atoms. The van der Waals surface area contributed by atoms with Crippen LogP contribution in [0.4, 0.5) is 5.82 Å². The number of hydrogen-bond donors (Lipinski definition) is 3. The quantitative estimate of drug-likeness (QED) is 0.631. The highest BCUT2D eigenvalue weighted by Crippen LogP contribution is 2.42. The van der Waals surface area contributed by atoms with Gasteiger partial charge < -0.3 is 15.4 Å². The molecule has 2 aromatic carbocycles. The SMILES string of the molecule is O=C1CNCC2=C1C(c1cccc(Oc3ccc(Cl)cc3)c1)c1c[nH]nc1N2. The number of carbonyl (C=O) groups excluding carboxylic acids is 1. The van der Waals surface area contributed by atoms with Gasteiger partial charge in [0, 0.05) is 40.5 Å². The van der Waals surface area contributed by atoms with Crippen molar-refractivity contribution >= 4 is 23.2 Å². The Morgan fingerprint density at radius 3 is 2.79 bits per heavy atom. The van der Waals surface area contributed by atoms with Gasteiger partial charge in [-0.05, 0) is 42.0 Å². The summed E-state index contributed by atoms with van der Waals surface area (Å²) >= 11 is 5.94. The van der Waals surface area contributed by atoms with Crippen molar-refractivity contribution in [3.05, 3.63) is 82.1 Å². The predicted octanol–water partition coefficient (Wildman–Crippen LogP) is 3.84. The van der Waals surface area contributed by atoms with E-state index < -0.39 is 0 Å². The maximum absolute atomic E-state index is 12.7. The Morgan fingerprint density at radius 1 is 1.07 bits per heavy atom. The average molecular weight is 393 g/mol. The second-order valence-electron chi connectivity index (χ2n) is 6.79. The van der Waals surface area contributed by atoms with Crippen molar-refractivity contribution in [3.63, 3.8) is 0 Å². The van der Waals surface area contributed by atoms with Crippen molar-refractivity contribution in [1.82, 2.24) is 15.5 Å². The van der Waals surface area contributed by atoms with Crippen LogP contribution in [-0.2, 0) is 4.79 Å². The normalized spacial score (nSPS) is 18.3. The summed E-state index contributed by atoms with van der Waals surface area (Å²) in [5.74, 6) is 2.06. The van der Waals surface area contributed by atoms with Gasteiger partial charge in [0.25, 0.3) is 0 Å². The first-order valence-electron chi connectivity index (χ1n) is 9.00. The lowest BCUT2D eigenvalue weighted by molar-refractivity contribution is -0.115. The summed E-state index contributed by atoms with van der Waals surface area (Å²) in [4.78, 5) is 12.7. The van der Waals surface area contributed by atoms with E-state index in [0.717, 1.165) is 28.2 Å². The van der Waals surface area contributed by atoms with Crippen LogP contribution in [0, 0.1) is 0 Å². The molecule has 0 fully saturated rings. The van der Waals surface area contributed by atoms with E-state index >= 15 is 0 Å². The smallest absolute Gasteiger partial charge is 0.175 e. The zero-order valence-corrected chi connectivity index (χ0v) is 15.6. The maximum Gasteiger partial charge on any atom is 0.175 e. The number of nitrogens with one attached hydrogen (secondary N) is 3. The zero-order valence-electron chi connectivity index (χ0n) is 14.8. The van der Waals surface area contributed by atoms with Crippen molar-refractivity contribution < 1.29 is 9.53 Å². The van der Waals surface area contributed by atoms with Crippen LogP contribution in [0.2, 0.25) is 5.02 Å². The van der Waals surface area contributed by atoms with E-state index in [0.29, 0.717) is 29.6 Å². The highest BCUT2D eigenvalue weighted by molar-refractivity contribution is 6.30. The summed E-state index contributed by atoms with van der Waals surface area (Å²) in [6.07, 6.45) is 1.85. The minimum absolute atomic E-state index is 0.0922. The zero-order chi connectivity index (χ0) is 19.1. The molecule has 5 rings (SSSR count). The first kappa shape index (κ1) is 17.0. The van der Waals surface area contributed by atoms with E-state index in [2.05, 4.69) is 20.8 Å². The number of hydrogen-bond acceptors (Lipinski definition) is 5. The minimum Gasteiger partial charge on any atom is -0.457 e. The highest BCUT2D eigenvalue weighted by Gasteiger charge is 2.36. The van der Waals surface area contributed by atoms with Gasteiger partial charge in [-0.1, -0.05) is 23.7 Å². The van der Waals surface area contributed by atoms with Crippen LogP contribution in [0.1, 0.15) is 17.0 Å². The van der Waals surface area contributed by atoms with Gasteiger partial charge in [-0.3, -0.25) is 9.89 Å². The standard InChI is InChI=1S/C21H17ClN4O2/c22-13-4-6-14(7-5-13)28-15-3-1-2-12(8-15)19-16-9-24-26-21(16)25-17-10-23-11-18(27)20(17)19/h1-9,19,23H,10-11H2,(H2,24,25,26). The van der Waals surface area contributed by atoms with Crippen molar-refractivity contribution in [2.45, 2.75) is 5.92 Å². The molecule has 1 aromatic heterocycles. The highest BCUT2D eigenvalue weighted by atomic mass is 35.5. The van der Waals surface area contributed by atoms with Crippen LogP contribution in [0.5, 0.6) is 11.5 Å². The molecule has 0 radical (unpaired) electrons. The molecule has 2 aliphatic heterocycles. The molecule has 0 bridgehead atoms. The molecular formula is C21H17ClN4O2. The number of halogens is 1. The molecule has 1 atom stereocenters.